The van der Waals surface area contributed by atoms with E-state index >= 15 is 0 Å². The van der Waals surface area contributed by atoms with Crippen LogP contribution < -0.4 is 26.2 Å². The number of anilines is 1. The summed E-state index contributed by atoms with van der Waals surface area (Å²) in [7, 11) is 0. The summed E-state index contributed by atoms with van der Waals surface area (Å²) >= 11 is 0. The van der Waals surface area contributed by atoms with E-state index in [0.717, 1.165) is 43.6 Å². The number of piperidine rings is 1. The highest BCUT2D eigenvalue weighted by Crippen LogP contribution is 2.29. The van der Waals surface area contributed by atoms with Crippen molar-refractivity contribution in [3.8, 4) is 22.6 Å². The summed E-state index contributed by atoms with van der Waals surface area (Å²) in [4.78, 5) is 41.9. The van der Waals surface area contributed by atoms with E-state index in [1.807, 2.05) is 54.6 Å². The smallest absolute Gasteiger partial charge is 0.411 e. The van der Waals surface area contributed by atoms with Gasteiger partial charge in [0.05, 0.1) is 17.3 Å². The zero-order valence-electron chi connectivity index (χ0n) is 28.7. The fourth-order valence-electron chi connectivity index (χ4n) is 6.26. The van der Waals surface area contributed by atoms with Crippen LogP contribution in [0.1, 0.15) is 34.9 Å². The van der Waals surface area contributed by atoms with Gasteiger partial charge < -0.3 is 35.3 Å². The monoisotopic (exact) mass is 705 g/mol. The number of aromatic nitrogens is 1. The largest absolute Gasteiger partial charge is 0.506 e. The number of phenolic OH excluding ortho intramolecular Hbond substituents is 1. The molecule has 1 fully saturated rings. The van der Waals surface area contributed by atoms with E-state index in [9.17, 15) is 24.6 Å². The Bertz CT molecular complexity index is 2010. The van der Waals surface area contributed by atoms with Crippen molar-refractivity contribution in [3.05, 3.63) is 125 Å². The normalized spacial score (nSPS) is 14.1. The maximum Gasteiger partial charge on any atom is 0.411 e. The molecule has 1 saturated heterocycles. The topological polar surface area (TPSA) is 165 Å². The fraction of sp³-hybridized carbons (Fsp3) is 0.275. The Balaban J connectivity index is 0.851. The minimum absolute atomic E-state index is 0.0662. The van der Waals surface area contributed by atoms with E-state index < -0.39 is 12.2 Å². The second-order valence-corrected chi connectivity index (χ2v) is 12.6. The van der Waals surface area contributed by atoms with Crippen LogP contribution in [-0.4, -0.2) is 84.1 Å². The lowest BCUT2D eigenvalue weighted by Gasteiger charge is -2.31. The van der Waals surface area contributed by atoms with Gasteiger partial charge in [-0.15, -0.1) is 0 Å². The maximum atomic E-state index is 12.7. The van der Waals surface area contributed by atoms with Crippen LogP contribution in [0.25, 0.3) is 22.0 Å². The standard InChI is InChI=1S/C40H43N5O7/c46-35-16-14-32(33-15-17-37(48)44-38(33)35)36(47)26-41-20-21-42-39(49)28-10-12-29(13-11-28)51-25-24-45-22-18-30(19-23-45)52-40(50)43-34-9-5-4-8-31(34)27-6-2-1-3-7-27/h1-17,30,36,41,46-47H,18-26H2,(H,42,49)(H,43,50)(H,44,48). The Hall–Kier alpha value is -5.69. The molecule has 6 N–H and O–H groups in total. The van der Waals surface area contributed by atoms with Crippen molar-refractivity contribution >= 4 is 28.6 Å². The number of likely N-dealkylation sites (tertiary alicyclic amines) is 1. The number of aliphatic hydroxyl groups excluding tert-OH is 1. The third-order valence-electron chi connectivity index (χ3n) is 9.04. The average Bonchev–Trinajstić information content (AvgIpc) is 3.16. The Kier molecular flexibility index (Phi) is 12.1. The summed E-state index contributed by atoms with van der Waals surface area (Å²) in [6.07, 6.45) is 0.00260. The predicted octanol–water partition coefficient (Wildman–Crippen LogP) is 5.05. The van der Waals surface area contributed by atoms with Crippen molar-refractivity contribution in [1.82, 2.24) is 20.5 Å². The molecule has 4 aromatic carbocycles. The molecular weight excluding hydrogens is 662 g/mol. The molecule has 2 amide bonds. The van der Waals surface area contributed by atoms with Crippen LogP contribution in [0.15, 0.2) is 108 Å². The van der Waals surface area contributed by atoms with Gasteiger partial charge in [0.15, 0.2) is 0 Å². The molecule has 1 aliphatic heterocycles. The van der Waals surface area contributed by atoms with Gasteiger partial charge in [-0.3, -0.25) is 19.8 Å². The van der Waals surface area contributed by atoms with Gasteiger partial charge in [-0.2, -0.15) is 0 Å². The first-order valence-electron chi connectivity index (χ1n) is 17.4. The molecule has 2 heterocycles. The number of carbonyl (C=O) groups is 2. The lowest BCUT2D eigenvalue weighted by atomic mass is 10.0. The molecule has 270 valence electrons. The predicted molar refractivity (Wildman–Crippen MR) is 200 cm³/mol. The summed E-state index contributed by atoms with van der Waals surface area (Å²) in [6, 6.07) is 30.5. The highest BCUT2D eigenvalue weighted by molar-refractivity contribution is 5.94. The second kappa shape index (κ2) is 17.5. The summed E-state index contributed by atoms with van der Waals surface area (Å²) in [5.41, 5.74) is 3.69. The average molecular weight is 706 g/mol. The van der Waals surface area contributed by atoms with Gasteiger partial charge in [0, 0.05) is 61.8 Å². The number of rotatable bonds is 14. The van der Waals surface area contributed by atoms with E-state index in [4.69, 9.17) is 9.47 Å². The molecule has 1 aromatic heterocycles. The van der Waals surface area contributed by atoms with Gasteiger partial charge in [-0.05, 0) is 66.4 Å². The van der Waals surface area contributed by atoms with E-state index in [1.165, 1.54) is 12.1 Å². The number of phenols is 1. The zero-order chi connectivity index (χ0) is 36.3. The number of hydrogen-bond donors (Lipinski definition) is 6. The molecule has 1 atom stereocenters. The first-order chi connectivity index (χ1) is 25.3. The number of nitrogens with zero attached hydrogens (tertiary/aromatic N) is 1. The van der Waals surface area contributed by atoms with Crippen LogP contribution >= 0.6 is 0 Å². The molecule has 0 aliphatic carbocycles. The minimum atomic E-state index is -0.883. The third-order valence-corrected chi connectivity index (χ3v) is 9.04. The van der Waals surface area contributed by atoms with Gasteiger partial charge in [-0.25, -0.2) is 4.79 Å². The Labute approximate surface area is 301 Å². The zero-order valence-corrected chi connectivity index (χ0v) is 28.7. The van der Waals surface area contributed by atoms with Gasteiger partial charge >= 0.3 is 6.09 Å². The highest BCUT2D eigenvalue weighted by atomic mass is 16.6. The van der Waals surface area contributed by atoms with Crippen molar-refractivity contribution in [3.63, 3.8) is 0 Å². The van der Waals surface area contributed by atoms with Crippen LogP contribution in [0.4, 0.5) is 10.5 Å². The van der Waals surface area contributed by atoms with Crippen LogP contribution in [-0.2, 0) is 4.74 Å². The summed E-state index contributed by atoms with van der Waals surface area (Å²) in [5.74, 6) is 0.383. The molecule has 1 aliphatic rings. The number of pyridine rings is 1. The number of fused-ring (bicyclic) bond motifs is 1. The number of aromatic amines is 1. The number of aromatic hydroxyl groups is 1. The lowest BCUT2D eigenvalue weighted by Crippen LogP contribution is -2.40. The van der Waals surface area contributed by atoms with Crippen molar-refractivity contribution in [2.75, 3.05) is 51.2 Å². The Morgan fingerprint density at radius 3 is 2.42 bits per heavy atom. The third kappa shape index (κ3) is 9.55. The number of benzene rings is 4. The van der Waals surface area contributed by atoms with Crippen molar-refractivity contribution < 1.29 is 29.3 Å². The molecule has 0 bridgehead atoms. The number of H-pyrrole nitrogens is 1. The number of carbonyl (C=O) groups excluding carboxylic acids is 2. The molecule has 12 heteroatoms. The van der Waals surface area contributed by atoms with E-state index in [2.05, 4.69) is 25.8 Å². The Morgan fingerprint density at radius 2 is 1.63 bits per heavy atom. The van der Waals surface area contributed by atoms with E-state index in [0.29, 0.717) is 47.6 Å². The number of nitrogens with one attached hydrogen (secondary N) is 4. The van der Waals surface area contributed by atoms with Crippen LogP contribution in [0, 0.1) is 0 Å². The Morgan fingerprint density at radius 1 is 0.885 bits per heavy atom. The molecule has 6 rings (SSSR count). The van der Waals surface area contributed by atoms with Gasteiger partial charge in [0.2, 0.25) is 5.56 Å². The summed E-state index contributed by atoms with van der Waals surface area (Å²) in [5, 5.41) is 30.2. The maximum absolute atomic E-state index is 12.7. The first kappa shape index (κ1) is 36.1. The van der Waals surface area contributed by atoms with E-state index in [1.54, 1.807) is 36.4 Å². The SMILES string of the molecule is O=C(Nc1ccccc1-c1ccccc1)OC1CCN(CCOc2ccc(C(=O)NCCNCC(O)c3ccc(O)c4[nH]c(=O)ccc34)cc2)CC1. The van der Waals surface area contributed by atoms with Crippen LogP contribution in [0.2, 0.25) is 0 Å². The molecule has 12 nitrogen and oxygen atoms in total. The second-order valence-electron chi connectivity index (χ2n) is 12.6. The molecule has 5 aromatic rings. The molecule has 52 heavy (non-hydrogen) atoms. The van der Waals surface area contributed by atoms with E-state index in [-0.39, 0.29) is 35.4 Å². The molecule has 0 saturated carbocycles. The van der Waals surface area contributed by atoms with Crippen molar-refractivity contribution in [1.29, 1.82) is 0 Å². The number of para-hydroxylation sites is 1. The number of hydrogen-bond acceptors (Lipinski definition) is 9. The molecular formula is C40H43N5O7. The highest BCUT2D eigenvalue weighted by Gasteiger charge is 2.23. The van der Waals surface area contributed by atoms with Crippen molar-refractivity contribution in [2.24, 2.45) is 0 Å². The summed E-state index contributed by atoms with van der Waals surface area (Å²) in [6.45, 7) is 3.81. The van der Waals surface area contributed by atoms with Crippen LogP contribution in [0.3, 0.4) is 0 Å². The fourth-order valence-corrected chi connectivity index (χ4v) is 6.26. The minimum Gasteiger partial charge on any atom is -0.506 e. The number of aliphatic hydroxyl groups is 1. The molecule has 1 unspecified atom stereocenters. The van der Waals surface area contributed by atoms with Crippen LogP contribution in [0.5, 0.6) is 11.5 Å². The summed E-state index contributed by atoms with van der Waals surface area (Å²) < 4.78 is 11.7. The van der Waals surface area contributed by atoms with Gasteiger partial charge in [0.1, 0.15) is 24.2 Å². The number of ether oxygens (including phenoxy) is 2. The van der Waals surface area contributed by atoms with Crippen molar-refractivity contribution in [2.45, 2.75) is 25.0 Å². The van der Waals surface area contributed by atoms with Gasteiger partial charge in [-0.1, -0.05) is 54.6 Å². The first-order valence-corrected chi connectivity index (χ1v) is 17.4. The quantitative estimate of drug-likeness (QED) is 0.0868. The van der Waals surface area contributed by atoms with Gasteiger partial charge in [0.25, 0.3) is 5.91 Å². The molecule has 0 radical (unpaired) electrons. The lowest BCUT2D eigenvalue weighted by molar-refractivity contribution is 0.0548. The molecule has 0 spiro atoms. The number of amides is 2.